The molecule has 0 saturated heterocycles. The molecular formula is C8H10Cl2F3IN2. The lowest BCUT2D eigenvalue weighted by molar-refractivity contribution is -0.141. The van der Waals surface area contributed by atoms with Gasteiger partial charge in [0.05, 0.1) is 3.55 Å². The number of rotatable bonds is 1. The van der Waals surface area contributed by atoms with Crippen LogP contribution in [-0.4, -0.2) is 4.98 Å². The van der Waals surface area contributed by atoms with Crippen molar-refractivity contribution in [2.75, 3.05) is 0 Å². The molecule has 16 heavy (non-hydrogen) atoms. The third-order valence-corrected chi connectivity index (χ3v) is 2.24. The molecule has 1 heterocycles. The Morgan fingerprint density at radius 1 is 1.25 bits per heavy atom. The van der Waals surface area contributed by atoms with Gasteiger partial charge in [0.2, 0.25) is 0 Å². The minimum absolute atomic E-state index is 0. The Labute approximate surface area is 117 Å². The molecule has 2 N–H and O–H groups in total. The number of pyridine rings is 1. The highest BCUT2D eigenvalue weighted by atomic mass is 127. The Bertz CT molecular complexity index is 289. The summed E-state index contributed by atoms with van der Waals surface area (Å²) < 4.78 is 35.7. The average Bonchev–Trinajstić information content (AvgIpc) is 2.01. The second-order valence-electron chi connectivity index (χ2n) is 3.01. The first-order valence-electron chi connectivity index (χ1n) is 3.73. The molecule has 0 fully saturated rings. The molecule has 0 saturated carbocycles. The maximum atomic E-state index is 12.1. The first-order valence-corrected chi connectivity index (χ1v) is 4.80. The molecular weight excluding hydrogens is 379 g/mol. The number of aromatic nitrogens is 1. The minimum Gasteiger partial charge on any atom is -0.313 e. The first-order chi connectivity index (χ1) is 6.21. The molecule has 0 spiro atoms. The van der Waals surface area contributed by atoms with Crippen LogP contribution in [0.4, 0.5) is 13.2 Å². The van der Waals surface area contributed by atoms with Gasteiger partial charge >= 0.3 is 6.18 Å². The summed E-state index contributed by atoms with van der Waals surface area (Å²) in [6.07, 6.45) is -3.25. The van der Waals surface area contributed by atoms with E-state index < -0.39 is 15.4 Å². The van der Waals surface area contributed by atoms with Gasteiger partial charge in [-0.3, -0.25) is 4.98 Å². The van der Waals surface area contributed by atoms with Crippen LogP contribution < -0.4 is 5.73 Å². The van der Waals surface area contributed by atoms with Crippen LogP contribution in [0.5, 0.6) is 0 Å². The number of halogens is 6. The van der Waals surface area contributed by atoms with Crippen LogP contribution in [0.15, 0.2) is 18.3 Å². The van der Waals surface area contributed by atoms with Crippen molar-refractivity contribution in [3.8, 4) is 0 Å². The molecule has 0 aliphatic heterocycles. The fourth-order valence-corrected chi connectivity index (χ4v) is 1.17. The maximum Gasteiger partial charge on any atom is 0.433 e. The van der Waals surface area contributed by atoms with E-state index in [0.29, 0.717) is 5.56 Å². The summed E-state index contributed by atoms with van der Waals surface area (Å²) >= 11 is 1.93. The fourth-order valence-electron chi connectivity index (χ4n) is 0.851. The summed E-state index contributed by atoms with van der Waals surface area (Å²) in [4.78, 5) is 3.31. The van der Waals surface area contributed by atoms with Gasteiger partial charge in [0.15, 0.2) is 0 Å². The Kier molecular flexibility index (Phi) is 7.23. The van der Waals surface area contributed by atoms with E-state index in [-0.39, 0.29) is 24.8 Å². The third kappa shape index (κ3) is 5.03. The molecule has 94 valence electrons. The number of nitrogens with two attached hydrogens (primary N) is 1. The summed E-state index contributed by atoms with van der Waals surface area (Å²) in [5, 5.41) is 0. The summed E-state index contributed by atoms with van der Waals surface area (Å²) in [6, 6.07) is 2.27. The number of hydrogen-bond acceptors (Lipinski definition) is 2. The van der Waals surface area contributed by atoms with Gasteiger partial charge in [0, 0.05) is 6.20 Å². The summed E-state index contributed by atoms with van der Waals surface area (Å²) in [6.45, 7) is 1.69. The third-order valence-electron chi connectivity index (χ3n) is 1.62. The van der Waals surface area contributed by atoms with Crippen molar-refractivity contribution in [3.63, 3.8) is 0 Å². The van der Waals surface area contributed by atoms with Crippen LogP contribution in [-0.2, 0) is 9.72 Å². The van der Waals surface area contributed by atoms with Crippen LogP contribution in [0, 0.1) is 0 Å². The monoisotopic (exact) mass is 388 g/mol. The second kappa shape index (κ2) is 6.23. The van der Waals surface area contributed by atoms with Gasteiger partial charge in [-0.2, -0.15) is 13.2 Å². The van der Waals surface area contributed by atoms with E-state index in [0.717, 1.165) is 12.3 Å². The predicted molar refractivity (Wildman–Crippen MR) is 69.3 cm³/mol. The molecule has 0 aromatic carbocycles. The van der Waals surface area contributed by atoms with E-state index in [1.165, 1.54) is 6.07 Å². The maximum absolute atomic E-state index is 12.1. The Balaban J connectivity index is 0. The van der Waals surface area contributed by atoms with Crippen LogP contribution in [0.25, 0.3) is 0 Å². The minimum atomic E-state index is -4.39. The molecule has 1 aromatic heterocycles. The summed E-state index contributed by atoms with van der Waals surface area (Å²) in [7, 11) is 0. The molecule has 0 unspecified atom stereocenters. The Morgan fingerprint density at radius 2 is 1.75 bits per heavy atom. The second-order valence-corrected chi connectivity index (χ2v) is 5.25. The normalized spacial score (nSPS) is 14.4. The van der Waals surface area contributed by atoms with Crippen LogP contribution >= 0.6 is 47.4 Å². The molecule has 0 bridgehead atoms. The van der Waals surface area contributed by atoms with Crippen molar-refractivity contribution >= 4 is 47.4 Å². The molecule has 8 heteroatoms. The highest BCUT2D eigenvalue weighted by Gasteiger charge is 2.32. The lowest BCUT2D eigenvalue weighted by atomic mass is 10.1. The van der Waals surface area contributed by atoms with Gasteiger partial charge in [0.1, 0.15) is 5.69 Å². The van der Waals surface area contributed by atoms with Crippen molar-refractivity contribution in [1.82, 2.24) is 4.98 Å². The van der Waals surface area contributed by atoms with Crippen molar-refractivity contribution in [2.24, 2.45) is 5.73 Å². The highest BCUT2D eigenvalue weighted by Crippen LogP contribution is 2.30. The van der Waals surface area contributed by atoms with Crippen molar-refractivity contribution < 1.29 is 13.2 Å². The van der Waals surface area contributed by atoms with Gasteiger partial charge < -0.3 is 5.73 Å². The van der Waals surface area contributed by atoms with Crippen molar-refractivity contribution in [2.45, 2.75) is 16.6 Å². The van der Waals surface area contributed by atoms with E-state index >= 15 is 0 Å². The van der Waals surface area contributed by atoms with Gasteiger partial charge in [-0.1, -0.05) is 28.7 Å². The van der Waals surface area contributed by atoms with Crippen molar-refractivity contribution in [1.29, 1.82) is 0 Å². The molecule has 1 rings (SSSR count). The largest absolute Gasteiger partial charge is 0.433 e. The number of alkyl halides is 4. The quantitative estimate of drug-likeness (QED) is 0.454. The van der Waals surface area contributed by atoms with E-state index in [9.17, 15) is 13.2 Å². The van der Waals surface area contributed by atoms with E-state index in [1.54, 1.807) is 6.92 Å². The highest BCUT2D eigenvalue weighted by molar-refractivity contribution is 14.1. The smallest absolute Gasteiger partial charge is 0.313 e. The van der Waals surface area contributed by atoms with Gasteiger partial charge in [-0.15, -0.1) is 24.8 Å². The van der Waals surface area contributed by atoms with E-state index in [4.69, 9.17) is 5.73 Å². The summed E-state index contributed by atoms with van der Waals surface area (Å²) in [5.41, 5.74) is 5.34. The zero-order valence-electron chi connectivity index (χ0n) is 8.08. The van der Waals surface area contributed by atoms with Crippen LogP contribution in [0.2, 0.25) is 0 Å². The lowest BCUT2D eigenvalue weighted by Crippen LogP contribution is -2.25. The standard InChI is InChI=1S/C8H8F3IN2.2ClH/c1-7(12,13)5-2-3-6(14-4-5)8(9,10)11;;/h2-4H,13H2,1H3;2*1H/t7-;;/m0../s1. The fraction of sp³-hybridized carbons (Fsp3) is 0.375. The first kappa shape index (κ1) is 18.6. The molecule has 0 aliphatic rings. The van der Waals surface area contributed by atoms with E-state index in [1.807, 2.05) is 22.6 Å². The molecule has 0 radical (unpaired) electrons. The Morgan fingerprint density at radius 3 is 2.00 bits per heavy atom. The predicted octanol–water partition coefficient (Wildman–Crippen LogP) is 3.51. The van der Waals surface area contributed by atoms with Gasteiger partial charge in [-0.25, -0.2) is 0 Å². The van der Waals surface area contributed by atoms with Gasteiger partial charge in [-0.05, 0) is 18.6 Å². The SMILES string of the molecule is C[C@@](N)(I)c1ccc(C(F)(F)F)nc1.Cl.Cl. The van der Waals surface area contributed by atoms with Crippen molar-refractivity contribution in [3.05, 3.63) is 29.6 Å². The van der Waals surface area contributed by atoms with Gasteiger partial charge in [0.25, 0.3) is 0 Å². The summed E-state index contributed by atoms with van der Waals surface area (Å²) in [5.74, 6) is 0. The average molecular weight is 389 g/mol. The van der Waals surface area contributed by atoms with Crippen LogP contribution in [0.1, 0.15) is 18.2 Å². The topological polar surface area (TPSA) is 38.9 Å². The molecule has 0 amide bonds. The molecule has 1 aromatic rings. The molecule has 0 aliphatic carbocycles. The number of hydrogen-bond donors (Lipinski definition) is 1. The Hall–Kier alpha value is 0.210. The lowest BCUT2D eigenvalue weighted by Gasteiger charge is -2.16. The van der Waals surface area contributed by atoms with E-state index in [2.05, 4.69) is 4.98 Å². The molecule has 2 nitrogen and oxygen atoms in total. The zero-order chi connectivity index (χ0) is 11.0. The van der Waals surface area contributed by atoms with Crippen LogP contribution in [0.3, 0.4) is 0 Å². The molecule has 1 atom stereocenters. The number of nitrogens with zero attached hydrogens (tertiary/aromatic N) is 1. The zero-order valence-corrected chi connectivity index (χ0v) is 11.9.